The van der Waals surface area contributed by atoms with E-state index in [4.69, 9.17) is 10.2 Å². The van der Waals surface area contributed by atoms with E-state index in [1.807, 2.05) is 0 Å². The van der Waals surface area contributed by atoms with Crippen LogP contribution in [0.2, 0.25) is 0 Å². The van der Waals surface area contributed by atoms with Crippen LogP contribution in [0.5, 0.6) is 0 Å². The Morgan fingerprint density at radius 2 is 1.53 bits per heavy atom. The lowest BCUT2D eigenvalue weighted by molar-refractivity contribution is 0.0572. The first-order chi connectivity index (χ1) is 6.62. The first-order valence-electron chi connectivity index (χ1n) is 4.13. The number of rotatable bonds is 3. The maximum atomic E-state index is 11.5. The maximum absolute atomic E-state index is 11.5. The molecular weight excluding hydrogens is 246 g/mol. The van der Waals surface area contributed by atoms with E-state index in [9.17, 15) is 16.8 Å². The van der Waals surface area contributed by atoms with Crippen molar-refractivity contribution in [2.75, 3.05) is 24.4 Å². The summed E-state index contributed by atoms with van der Waals surface area (Å²) in [5.41, 5.74) is 0. The van der Waals surface area contributed by atoms with E-state index in [0.717, 1.165) is 10.6 Å². The molecule has 0 aromatic carbocycles. The fourth-order valence-electron chi connectivity index (χ4n) is 1.31. The van der Waals surface area contributed by atoms with E-state index in [2.05, 4.69) is 0 Å². The Bertz CT molecular complexity index is 417. The SMILES string of the molecule is CS(=O)(=O)CS(=O)(=O)N1CC(O)C(O)C1. The molecule has 0 radical (unpaired) electrons. The Labute approximate surface area is 88.3 Å². The molecule has 1 aliphatic rings. The van der Waals surface area contributed by atoms with Crippen LogP contribution in [0.1, 0.15) is 0 Å². The van der Waals surface area contributed by atoms with Crippen LogP contribution in [0.3, 0.4) is 0 Å². The van der Waals surface area contributed by atoms with Crippen molar-refractivity contribution in [3.05, 3.63) is 0 Å². The second-order valence-corrected chi connectivity index (χ2v) is 8.08. The number of hydrogen-bond acceptors (Lipinski definition) is 6. The molecule has 1 aliphatic heterocycles. The third-order valence-corrected chi connectivity index (χ3v) is 5.97. The lowest BCUT2D eigenvalue weighted by atomic mass is 10.3. The molecule has 0 spiro atoms. The molecule has 0 bridgehead atoms. The van der Waals surface area contributed by atoms with Crippen molar-refractivity contribution in [3.63, 3.8) is 0 Å². The molecule has 15 heavy (non-hydrogen) atoms. The minimum absolute atomic E-state index is 0.265. The number of aliphatic hydroxyl groups is 2. The molecule has 2 atom stereocenters. The van der Waals surface area contributed by atoms with Gasteiger partial charge in [0.05, 0.1) is 12.2 Å². The first-order valence-corrected chi connectivity index (χ1v) is 7.80. The standard InChI is InChI=1S/C6H13NO6S2/c1-14(10,11)4-15(12,13)7-2-5(8)6(9)3-7/h5-6,8-9H,2-4H2,1H3. The van der Waals surface area contributed by atoms with Gasteiger partial charge in [-0.2, -0.15) is 4.31 Å². The van der Waals surface area contributed by atoms with Crippen LogP contribution in [0, 0.1) is 0 Å². The van der Waals surface area contributed by atoms with Crippen molar-refractivity contribution in [1.82, 2.24) is 4.31 Å². The monoisotopic (exact) mass is 259 g/mol. The molecule has 0 aromatic rings. The summed E-state index contributed by atoms with van der Waals surface area (Å²) in [6, 6.07) is 0. The fourth-order valence-corrected chi connectivity index (χ4v) is 4.83. The molecule has 2 unspecified atom stereocenters. The van der Waals surface area contributed by atoms with Crippen LogP contribution in [0.4, 0.5) is 0 Å². The summed E-state index contributed by atoms with van der Waals surface area (Å²) in [5.74, 6) is 0. The number of hydrogen-bond donors (Lipinski definition) is 2. The quantitative estimate of drug-likeness (QED) is 0.573. The lowest BCUT2D eigenvalue weighted by Gasteiger charge is -2.14. The molecule has 0 amide bonds. The van der Waals surface area contributed by atoms with Crippen molar-refractivity contribution < 1.29 is 27.0 Å². The summed E-state index contributed by atoms with van der Waals surface area (Å²) in [7, 11) is -7.61. The first kappa shape index (κ1) is 12.8. The van der Waals surface area contributed by atoms with E-state index in [1.54, 1.807) is 0 Å². The normalized spacial score (nSPS) is 29.5. The number of aliphatic hydroxyl groups excluding tert-OH is 2. The van der Waals surface area contributed by atoms with Crippen molar-refractivity contribution in [1.29, 1.82) is 0 Å². The third-order valence-electron chi connectivity index (χ3n) is 1.98. The third kappa shape index (κ3) is 3.38. The van der Waals surface area contributed by atoms with Crippen LogP contribution >= 0.6 is 0 Å². The van der Waals surface area contributed by atoms with Gasteiger partial charge >= 0.3 is 0 Å². The number of sulfonamides is 1. The van der Waals surface area contributed by atoms with Crippen molar-refractivity contribution >= 4 is 19.9 Å². The molecule has 1 fully saturated rings. The zero-order valence-electron chi connectivity index (χ0n) is 8.07. The molecule has 1 heterocycles. The molecular formula is C6H13NO6S2. The molecule has 9 heteroatoms. The molecule has 0 saturated carbocycles. The van der Waals surface area contributed by atoms with E-state index in [1.165, 1.54) is 0 Å². The Morgan fingerprint density at radius 3 is 1.87 bits per heavy atom. The van der Waals surface area contributed by atoms with Crippen molar-refractivity contribution in [3.8, 4) is 0 Å². The minimum Gasteiger partial charge on any atom is -0.389 e. The van der Waals surface area contributed by atoms with E-state index >= 15 is 0 Å². The zero-order chi connectivity index (χ0) is 11.9. The number of sulfone groups is 1. The summed E-state index contributed by atoms with van der Waals surface area (Å²) < 4.78 is 45.4. The van der Waals surface area contributed by atoms with E-state index < -0.39 is 37.2 Å². The highest BCUT2D eigenvalue weighted by atomic mass is 32.3. The predicted molar refractivity (Wildman–Crippen MR) is 52.2 cm³/mol. The average molecular weight is 259 g/mol. The van der Waals surface area contributed by atoms with Crippen LogP contribution in [0.25, 0.3) is 0 Å². The molecule has 0 aliphatic carbocycles. The van der Waals surface area contributed by atoms with Gasteiger partial charge in [0.2, 0.25) is 10.0 Å². The van der Waals surface area contributed by atoms with Gasteiger partial charge < -0.3 is 10.2 Å². The van der Waals surface area contributed by atoms with Crippen LogP contribution < -0.4 is 0 Å². The smallest absolute Gasteiger partial charge is 0.228 e. The van der Waals surface area contributed by atoms with Gasteiger partial charge in [0.1, 0.15) is 0 Å². The summed E-state index contributed by atoms with van der Waals surface area (Å²) in [4.78, 5) is 0. The van der Waals surface area contributed by atoms with Crippen LogP contribution in [-0.2, 0) is 19.9 Å². The summed E-state index contributed by atoms with van der Waals surface area (Å²) in [5, 5.41) is 17.2. The molecule has 7 nitrogen and oxygen atoms in total. The molecule has 1 rings (SSSR count). The zero-order valence-corrected chi connectivity index (χ0v) is 9.70. The van der Waals surface area contributed by atoms with Crippen LogP contribution in [0.15, 0.2) is 0 Å². The second kappa shape index (κ2) is 3.98. The van der Waals surface area contributed by atoms with Gasteiger partial charge in [0.25, 0.3) is 0 Å². The minimum atomic E-state index is -3.96. The average Bonchev–Trinajstić information content (AvgIpc) is 2.27. The van der Waals surface area contributed by atoms with Gasteiger partial charge in [0, 0.05) is 19.3 Å². The van der Waals surface area contributed by atoms with Gasteiger partial charge in [-0.05, 0) is 0 Å². The second-order valence-electron chi connectivity index (χ2n) is 3.61. The highest BCUT2D eigenvalue weighted by molar-refractivity contribution is 8.06. The molecule has 1 saturated heterocycles. The van der Waals surface area contributed by atoms with Crippen molar-refractivity contribution in [2.45, 2.75) is 12.2 Å². The summed E-state index contributed by atoms with van der Waals surface area (Å²) in [6.07, 6.45) is -1.49. The van der Waals surface area contributed by atoms with Gasteiger partial charge in [-0.25, -0.2) is 16.8 Å². The summed E-state index contributed by atoms with van der Waals surface area (Å²) >= 11 is 0. The van der Waals surface area contributed by atoms with Gasteiger partial charge in [-0.15, -0.1) is 0 Å². The fraction of sp³-hybridized carbons (Fsp3) is 1.00. The van der Waals surface area contributed by atoms with Gasteiger partial charge in [0.15, 0.2) is 14.9 Å². The Kier molecular flexibility index (Phi) is 3.41. The Morgan fingerprint density at radius 1 is 1.13 bits per heavy atom. The molecule has 90 valence electrons. The lowest BCUT2D eigenvalue weighted by Crippen LogP contribution is -2.34. The number of nitrogens with zero attached hydrogens (tertiary/aromatic N) is 1. The van der Waals surface area contributed by atoms with Gasteiger partial charge in [-0.3, -0.25) is 0 Å². The Balaban J connectivity index is 2.81. The van der Waals surface area contributed by atoms with E-state index in [0.29, 0.717) is 0 Å². The predicted octanol–water partition coefficient (Wildman–Crippen LogP) is -2.64. The topological polar surface area (TPSA) is 112 Å². The highest BCUT2D eigenvalue weighted by Gasteiger charge is 2.37. The Hall–Kier alpha value is -0.220. The number of β-amino-alcohol motifs (C(OH)–C–C–N with tert-alkyl or cyclic N) is 2. The largest absolute Gasteiger partial charge is 0.389 e. The summed E-state index contributed by atoms with van der Waals surface area (Å²) in [6.45, 7) is -0.530. The maximum Gasteiger partial charge on any atom is 0.228 e. The molecule has 0 aromatic heterocycles. The van der Waals surface area contributed by atoms with E-state index in [-0.39, 0.29) is 13.1 Å². The van der Waals surface area contributed by atoms with Crippen LogP contribution in [-0.4, -0.2) is 68.0 Å². The van der Waals surface area contributed by atoms with Gasteiger partial charge in [-0.1, -0.05) is 0 Å². The van der Waals surface area contributed by atoms with Crippen molar-refractivity contribution in [2.24, 2.45) is 0 Å². The highest BCUT2D eigenvalue weighted by Crippen LogP contribution is 2.15. The molecule has 2 N–H and O–H groups in total.